The highest BCUT2D eigenvalue weighted by molar-refractivity contribution is 5.86. The van der Waals surface area contributed by atoms with E-state index in [9.17, 15) is 4.79 Å². The first kappa shape index (κ1) is 12.2. The minimum atomic E-state index is -0.822. The number of carboxylic acids is 1. The van der Waals surface area contributed by atoms with Crippen molar-refractivity contribution in [2.45, 2.75) is 20.3 Å². The van der Waals surface area contributed by atoms with Gasteiger partial charge < -0.3 is 15.2 Å². The first-order valence-electron chi connectivity index (χ1n) is 5.28. The standard InChI is InChI=1S/C11H19NO3/c1-3-9(10(13)14)4-5-12-6-11(2)7-15-8-11/h4,12H,3,5-8H2,1-2H3,(H,13,14)/b9-4+. The Kier molecular flexibility index (Phi) is 4.29. The third kappa shape index (κ3) is 3.64. The molecule has 2 N–H and O–H groups in total. The molecule has 4 heteroatoms. The predicted molar refractivity (Wildman–Crippen MR) is 57.8 cm³/mol. The van der Waals surface area contributed by atoms with E-state index in [0.717, 1.165) is 19.8 Å². The molecule has 4 nitrogen and oxygen atoms in total. The molecule has 1 heterocycles. The van der Waals surface area contributed by atoms with E-state index in [4.69, 9.17) is 9.84 Å². The van der Waals surface area contributed by atoms with E-state index in [1.807, 2.05) is 6.92 Å². The molecule has 1 saturated heterocycles. The molecule has 0 bridgehead atoms. The lowest BCUT2D eigenvalue weighted by Crippen LogP contribution is -2.47. The average Bonchev–Trinajstić information content (AvgIpc) is 2.14. The Morgan fingerprint density at radius 2 is 2.27 bits per heavy atom. The minimum absolute atomic E-state index is 0.240. The molecule has 0 atom stereocenters. The first-order valence-corrected chi connectivity index (χ1v) is 5.28. The topological polar surface area (TPSA) is 58.6 Å². The second-order valence-electron chi connectivity index (χ2n) is 4.32. The highest BCUT2D eigenvalue weighted by Crippen LogP contribution is 2.24. The summed E-state index contributed by atoms with van der Waals surface area (Å²) in [6, 6.07) is 0. The van der Waals surface area contributed by atoms with Gasteiger partial charge in [0.25, 0.3) is 0 Å². The zero-order chi connectivity index (χ0) is 11.3. The normalized spacial score (nSPS) is 19.7. The van der Waals surface area contributed by atoms with Gasteiger partial charge in [-0.15, -0.1) is 0 Å². The molecule has 0 aromatic rings. The molecule has 15 heavy (non-hydrogen) atoms. The van der Waals surface area contributed by atoms with Crippen LogP contribution < -0.4 is 5.32 Å². The summed E-state index contributed by atoms with van der Waals surface area (Å²) in [5.41, 5.74) is 0.709. The van der Waals surface area contributed by atoms with E-state index in [0.29, 0.717) is 18.5 Å². The fourth-order valence-corrected chi connectivity index (χ4v) is 1.50. The summed E-state index contributed by atoms with van der Waals surface area (Å²) in [6.07, 6.45) is 2.31. The molecule has 0 saturated carbocycles. The smallest absolute Gasteiger partial charge is 0.331 e. The monoisotopic (exact) mass is 213 g/mol. The predicted octanol–water partition coefficient (Wildman–Crippen LogP) is 1.03. The second-order valence-corrected chi connectivity index (χ2v) is 4.32. The first-order chi connectivity index (χ1) is 7.07. The van der Waals surface area contributed by atoms with E-state index >= 15 is 0 Å². The van der Waals surface area contributed by atoms with Gasteiger partial charge in [0.15, 0.2) is 0 Å². The van der Waals surface area contributed by atoms with Gasteiger partial charge in [-0.05, 0) is 6.42 Å². The Morgan fingerprint density at radius 3 is 2.67 bits per heavy atom. The van der Waals surface area contributed by atoms with Crippen LogP contribution in [0.4, 0.5) is 0 Å². The molecular weight excluding hydrogens is 194 g/mol. The molecule has 0 radical (unpaired) electrons. The summed E-state index contributed by atoms with van der Waals surface area (Å²) in [5.74, 6) is -0.822. The van der Waals surface area contributed by atoms with Crippen LogP contribution in [0.5, 0.6) is 0 Å². The van der Waals surface area contributed by atoms with Crippen LogP contribution in [0.3, 0.4) is 0 Å². The molecule has 0 aromatic carbocycles. The molecular formula is C11H19NO3. The Hall–Kier alpha value is -0.870. The van der Waals surface area contributed by atoms with Crippen molar-refractivity contribution in [3.05, 3.63) is 11.6 Å². The summed E-state index contributed by atoms with van der Waals surface area (Å²) in [4.78, 5) is 10.7. The van der Waals surface area contributed by atoms with Crippen LogP contribution in [0, 0.1) is 5.41 Å². The summed E-state index contributed by atoms with van der Waals surface area (Å²) >= 11 is 0. The number of aliphatic carboxylic acids is 1. The summed E-state index contributed by atoms with van der Waals surface area (Å²) in [6.45, 7) is 7.09. The lowest BCUT2D eigenvalue weighted by molar-refractivity contribution is -0.132. The molecule has 1 aliphatic rings. The van der Waals surface area contributed by atoms with Crippen LogP contribution in [0.25, 0.3) is 0 Å². The van der Waals surface area contributed by atoms with Crippen molar-refractivity contribution in [1.29, 1.82) is 0 Å². The van der Waals surface area contributed by atoms with Crippen LogP contribution >= 0.6 is 0 Å². The molecule has 0 amide bonds. The molecule has 0 spiro atoms. The van der Waals surface area contributed by atoms with Crippen molar-refractivity contribution in [2.24, 2.45) is 5.41 Å². The van der Waals surface area contributed by atoms with Crippen LogP contribution in [-0.2, 0) is 9.53 Å². The third-order valence-electron chi connectivity index (χ3n) is 2.60. The number of rotatable bonds is 6. The third-order valence-corrected chi connectivity index (χ3v) is 2.60. The molecule has 0 unspecified atom stereocenters. The van der Waals surface area contributed by atoms with Crippen molar-refractivity contribution in [2.75, 3.05) is 26.3 Å². The van der Waals surface area contributed by atoms with E-state index < -0.39 is 5.97 Å². The molecule has 86 valence electrons. The highest BCUT2D eigenvalue weighted by atomic mass is 16.5. The number of carbonyl (C=O) groups is 1. The summed E-state index contributed by atoms with van der Waals surface area (Å²) in [7, 11) is 0. The van der Waals surface area contributed by atoms with Gasteiger partial charge in [0.2, 0.25) is 0 Å². The maximum atomic E-state index is 10.7. The maximum Gasteiger partial charge on any atom is 0.331 e. The molecule has 1 rings (SSSR count). The number of carboxylic acid groups (broad SMARTS) is 1. The molecule has 1 aliphatic heterocycles. The Balaban J connectivity index is 2.22. The van der Waals surface area contributed by atoms with Gasteiger partial charge in [-0.1, -0.05) is 19.9 Å². The van der Waals surface area contributed by atoms with Crippen molar-refractivity contribution in [3.63, 3.8) is 0 Å². The average molecular weight is 213 g/mol. The fraction of sp³-hybridized carbons (Fsp3) is 0.727. The van der Waals surface area contributed by atoms with Gasteiger partial charge in [-0.3, -0.25) is 0 Å². The van der Waals surface area contributed by atoms with Crippen LogP contribution in [0.15, 0.2) is 11.6 Å². The molecule has 0 aromatic heterocycles. The zero-order valence-corrected chi connectivity index (χ0v) is 9.38. The van der Waals surface area contributed by atoms with Gasteiger partial charge in [0.1, 0.15) is 0 Å². The van der Waals surface area contributed by atoms with Gasteiger partial charge in [0, 0.05) is 24.1 Å². The van der Waals surface area contributed by atoms with Crippen LogP contribution in [-0.4, -0.2) is 37.4 Å². The summed E-state index contributed by atoms with van der Waals surface area (Å²) < 4.78 is 5.13. The van der Waals surface area contributed by atoms with E-state index in [-0.39, 0.29) is 5.41 Å². The second kappa shape index (κ2) is 5.28. The van der Waals surface area contributed by atoms with Crippen molar-refractivity contribution < 1.29 is 14.6 Å². The zero-order valence-electron chi connectivity index (χ0n) is 9.38. The lowest BCUT2D eigenvalue weighted by Gasteiger charge is -2.38. The van der Waals surface area contributed by atoms with Gasteiger partial charge in [-0.25, -0.2) is 4.79 Å². The van der Waals surface area contributed by atoms with Gasteiger partial charge >= 0.3 is 5.97 Å². The van der Waals surface area contributed by atoms with Crippen molar-refractivity contribution in [1.82, 2.24) is 5.32 Å². The molecule has 1 fully saturated rings. The Labute approximate surface area is 90.3 Å². The SMILES string of the molecule is CC/C(=C\CNCC1(C)COC1)C(=O)O. The number of hydrogen-bond donors (Lipinski definition) is 2. The molecule has 0 aliphatic carbocycles. The van der Waals surface area contributed by atoms with Gasteiger partial charge in [-0.2, -0.15) is 0 Å². The van der Waals surface area contributed by atoms with Crippen molar-refractivity contribution in [3.8, 4) is 0 Å². The lowest BCUT2D eigenvalue weighted by atomic mass is 9.89. The van der Waals surface area contributed by atoms with E-state index in [1.54, 1.807) is 6.08 Å². The Morgan fingerprint density at radius 1 is 1.60 bits per heavy atom. The Bertz CT molecular complexity index is 257. The fourth-order valence-electron chi connectivity index (χ4n) is 1.50. The minimum Gasteiger partial charge on any atom is -0.478 e. The maximum absolute atomic E-state index is 10.7. The van der Waals surface area contributed by atoms with E-state index in [2.05, 4.69) is 12.2 Å². The quantitative estimate of drug-likeness (QED) is 0.511. The number of ether oxygens (including phenoxy) is 1. The largest absolute Gasteiger partial charge is 0.478 e. The summed E-state index contributed by atoms with van der Waals surface area (Å²) in [5, 5.41) is 12.0. The van der Waals surface area contributed by atoms with Gasteiger partial charge in [0.05, 0.1) is 13.2 Å². The van der Waals surface area contributed by atoms with Crippen LogP contribution in [0.1, 0.15) is 20.3 Å². The number of hydrogen-bond acceptors (Lipinski definition) is 3. The van der Waals surface area contributed by atoms with Crippen molar-refractivity contribution >= 4 is 5.97 Å². The number of nitrogens with one attached hydrogen (secondary N) is 1. The van der Waals surface area contributed by atoms with E-state index in [1.165, 1.54) is 0 Å². The highest BCUT2D eigenvalue weighted by Gasteiger charge is 2.32. The van der Waals surface area contributed by atoms with Crippen LogP contribution in [0.2, 0.25) is 0 Å².